The Morgan fingerprint density at radius 3 is 1.78 bits per heavy atom. The van der Waals surface area contributed by atoms with E-state index in [4.69, 9.17) is 5.11 Å². The SMILES string of the molecule is CC[Si](CC)(CC)c1c(Br)cc(C(=O)O)cc1Br. The number of carbonyl (C=O) groups is 1. The lowest BCUT2D eigenvalue weighted by Gasteiger charge is -2.31. The van der Waals surface area contributed by atoms with Crippen LogP contribution in [0, 0.1) is 0 Å². The van der Waals surface area contributed by atoms with Crippen molar-refractivity contribution in [2.75, 3.05) is 0 Å². The first-order chi connectivity index (χ1) is 8.41. The Bertz CT molecular complexity index is 425. The molecule has 0 radical (unpaired) electrons. The number of hydrogen-bond acceptors (Lipinski definition) is 1. The van der Waals surface area contributed by atoms with E-state index in [1.54, 1.807) is 12.1 Å². The van der Waals surface area contributed by atoms with Gasteiger partial charge in [0, 0.05) is 8.95 Å². The highest BCUT2D eigenvalue weighted by molar-refractivity contribution is 9.11. The molecule has 1 rings (SSSR count). The van der Waals surface area contributed by atoms with Gasteiger partial charge < -0.3 is 5.11 Å². The highest BCUT2D eigenvalue weighted by Gasteiger charge is 2.33. The Hall–Kier alpha value is -0.133. The molecule has 0 unspecified atom stereocenters. The van der Waals surface area contributed by atoms with Gasteiger partial charge in [-0.05, 0) is 17.3 Å². The summed E-state index contributed by atoms with van der Waals surface area (Å²) in [4.78, 5) is 11.0. The van der Waals surface area contributed by atoms with Crippen LogP contribution in [0.4, 0.5) is 0 Å². The molecule has 0 saturated carbocycles. The van der Waals surface area contributed by atoms with Gasteiger partial charge in [-0.25, -0.2) is 4.79 Å². The normalized spacial score (nSPS) is 11.6. The van der Waals surface area contributed by atoms with E-state index in [1.165, 1.54) is 23.3 Å². The molecule has 0 aliphatic rings. The summed E-state index contributed by atoms with van der Waals surface area (Å²) in [6.45, 7) is 6.72. The molecule has 0 fully saturated rings. The zero-order valence-electron chi connectivity index (χ0n) is 10.9. The van der Waals surface area contributed by atoms with Crippen molar-refractivity contribution in [3.63, 3.8) is 0 Å². The van der Waals surface area contributed by atoms with Crippen LogP contribution in [0.15, 0.2) is 21.1 Å². The second-order valence-electron chi connectivity index (χ2n) is 4.46. The van der Waals surface area contributed by atoms with Crippen LogP contribution in [0.3, 0.4) is 0 Å². The van der Waals surface area contributed by atoms with Gasteiger partial charge in [0.05, 0.1) is 13.6 Å². The summed E-state index contributed by atoms with van der Waals surface area (Å²) in [5, 5.41) is 10.4. The largest absolute Gasteiger partial charge is 0.478 e. The van der Waals surface area contributed by atoms with Crippen LogP contribution in [-0.2, 0) is 0 Å². The minimum absolute atomic E-state index is 0.323. The van der Waals surface area contributed by atoms with Crippen LogP contribution in [0.2, 0.25) is 18.1 Å². The predicted molar refractivity (Wildman–Crippen MR) is 85.6 cm³/mol. The van der Waals surface area contributed by atoms with E-state index >= 15 is 0 Å². The molecule has 0 heterocycles. The van der Waals surface area contributed by atoms with Crippen molar-refractivity contribution in [1.29, 1.82) is 0 Å². The molecule has 0 atom stereocenters. The maximum absolute atomic E-state index is 11.0. The van der Waals surface area contributed by atoms with Crippen molar-refractivity contribution in [2.24, 2.45) is 0 Å². The molecule has 0 aromatic heterocycles. The van der Waals surface area contributed by atoms with Crippen molar-refractivity contribution in [1.82, 2.24) is 0 Å². The van der Waals surface area contributed by atoms with Gasteiger partial charge in [0.1, 0.15) is 0 Å². The number of benzene rings is 1. The molecule has 0 aliphatic heterocycles. The highest BCUT2D eigenvalue weighted by Crippen LogP contribution is 2.29. The van der Waals surface area contributed by atoms with E-state index in [-0.39, 0.29) is 0 Å². The van der Waals surface area contributed by atoms with Gasteiger partial charge in [-0.15, -0.1) is 0 Å². The number of rotatable bonds is 5. The first kappa shape index (κ1) is 15.9. The summed E-state index contributed by atoms with van der Waals surface area (Å²) in [6.07, 6.45) is 0. The van der Waals surface area contributed by atoms with Crippen LogP contribution in [0.5, 0.6) is 0 Å². The van der Waals surface area contributed by atoms with Crippen molar-refractivity contribution in [3.05, 3.63) is 26.6 Å². The minimum Gasteiger partial charge on any atom is -0.478 e. The molecule has 1 aromatic rings. The smallest absolute Gasteiger partial charge is 0.335 e. The van der Waals surface area contributed by atoms with Gasteiger partial charge in [0.2, 0.25) is 0 Å². The van der Waals surface area contributed by atoms with E-state index in [1.807, 2.05) is 0 Å². The van der Waals surface area contributed by atoms with E-state index in [0.29, 0.717) is 5.56 Å². The Labute approximate surface area is 126 Å². The fraction of sp³-hybridized carbons (Fsp3) is 0.462. The summed E-state index contributed by atoms with van der Waals surface area (Å²) in [7, 11) is -1.53. The number of carboxylic acids is 1. The molecule has 0 amide bonds. The predicted octanol–water partition coefficient (Wildman–Crippen LogP) is 4.63. The molecule has 1 N–H and O–H groups in total. The summed E-state index contributed by atoms with van der Waals surface area (Å²) < 4.78 is 1.87. The molecule has 0 saturated heterocycles. The fourth-order valence-corrected chi connectivity index (χ4v) is 9.91. The topological polar surface area (TPSA) is 37.3 Å². The fourth-order valence-electron chi connectivity index (χ4n) is 2.48. The van der Waals surface area contributed by atoms with Crippen molar-refractivity contribution < 1.29 is 9.90 Å². The third kappa shape index (κ3) is 2.88. The summed E-state index contributed by atoms with van der Waals surface area (Å²) >= 11 is 7.13. The van der Waals surface area contributed by atoms with Crippen molar-refractivity contribution in [2.45, 2.75) is 38.9 Å². The molecule has 18 heavy (non-hydrogen) atoms. The van der Waals surface area contributed by atoms with Crippen LogP contribution < -0.4 is 5.19 Å². The molecule has 0 aliphatic carbocycles. The number of hydrogen-bond donors (Lipinski definition) is 1. The summed E-state index contributed by atoms with van der Waals surface area (Å²) in [6, 6.07) is 6.97. The first-order valence-electron chi connectivity index (χ1n) is 6.14. The second-order valence-corrected chi connectivity index (χ2v) is 11.4. The Kier molecular flexibility index (Phi) is 5.61. The maximum Gasteiger partial charge on any atom is 0.335 e. The monoisotopic (exact) mass is 392 g/mol. The van der Waals surface area contributed by atoms with E-state index in [9.17, 15) is 4.79 Å². The van der Waals surface area contributed by atoms with Gasteiger partial charge >= 0.3 is 5.97 Å². The van der Waals surface area contributed by atoms with Crippen LogP contribution in [0.1, 0.15) is 31.1 Å². The number of aromatic carboxylic acids is 1. The van der Waals surface area contributed by atoms with Gasteiger partial charge in [-0.1, -0.05) is 70.8 Å². The third-order valence-electron chi connectivity index (χ3n) is 3.85. The third-order valence-corrected chi connectivity index (χ3v) is 11.5. The van der Waals surface area contributed by atoms with Crippen LogP contribution in [-0.4, -0.2) is 19.1 Å². The van der Waals surface area contributed by atoms with E-state index < -0.39 is 14.0 Å². The van der Waals surface area contributed by atoms with Gasteiger partial charge in [-0.3, -0.25) is 0 Å². The summed E-state index contributed by atoms with van der Waals surface area (Å²) in [5.74, 6) is -0.889. The Balaban J connectivity index is 3.46. The van der Waals surface area contributed by atoms with Gasteiger partial charge in [-0.2, -0.15) is 0 Å². The molecule has 5 heteroatoms. The average Bonchev–Trinajstić information content (AvgIpc) is 2.34. The highest BCUT2D eigenvalue weighted by atomic mass is 79.9. The molecular weight excluding hydrogens is 376 g/mol. The lowest BCUT2D eigenvalue weighted by atomic mass is 10.2. The molecule has 100 valence electrons. The zero-order valence-corrected chi connectivity index (χ0v) is 15.1. The van der Waals surface area contributed by atoms with Crippen molar-refractivity contribution in [3.8, 4) is 0 Å². The first-order valence-corrected chi connectivity index (χ1v) is 10.3. The van der Waals surface area contributed by atoms with Gasteiger partial charge in [0.25, 0.3) is 0 Å². The molecule has 1 aromatic carbocycles. The maximum atomic E-state index is 11.0. The van der Waals surface area contributed by atoms with Crippen LogP contribution in [0.25, 0.3) is 0 Å². The molecule has 2 nitrogen and oxygen atoms in total. The van der Waals surface area contributed by atoms with Crippen molar-refractivity contribution >= 4 is 51.1 Å². The Morgan fingerprint density at radius 1 is 1.11 bits per heavy atom. The van der Waals surface area contributed by atoms with E-state index in [2.05, 4.69) is 52.6 Å². The van der Waals surface area contributed by atoms with Gasteiger partial charge in [0.15, 0.2) is 0 Å². The second kappa shape index (κ2) is 6.35. The lowest BCUT2D eigenvalue weighted by molar-refractivity contribution is 0.0697. The quantitative estimate of drug-likeness (QED) is 0.740. The summed E-state index contributed by atoms with van der Waals surface area (Å²) in [5.41, 5.74) is 0.323. The molecule has 0 bridgehead atoms. The molecule has 0 spiro atoms. The zero-order chi connectivity index (χ0) is 13.9. The molecular formula is C13H18Br2O2Si. The van der Waals surface area contributed by atoms with E-state index in [0.717, 1.165) is 8.95 Å². The standard InChI is InChI=1S/C13H18Br2O2Si/c1-4-18(5-2,6-3)12-10(14)7-9(13(16)17)8-11(12)15/h7-8H,4-6H2,1-3H3,(H,16,17). The minimum atomic E-state index is -1.53. The van der Waals surface area contributed by atoms with Crippen LogP contribution >= 0.6 is 31.9 Å². The average molecular weight is 394 g/mol. The number of carboxylic acid groups (broad SMARTS) is 1. The Morgan fingerprint density at radius 2 is 1.50 bits per heavy atom. The lowest BCUT2D eigenvalue weighted by Crippen LogP contribution is -2.47. The number of halogens is 2.